The first-order chi connectivity index (χ1) is 15.3. The maximum Gasteiger partial charge on any atom is 0.241 e. The van der Waals surface area contributed by atoms with Crippen LogP contribution in [-0.4, -0.2) is 67.6 Å². The molecule has 2 aromatic carbocycles. The third kappa shape index (κ3) is 4.55. The summed E-state index contributed by atoms with van der Waals surface area (Å²) in [4.78, 5) is 22.0. The Balaban J connectivity index is 1.40. The van der Waals surface area contributed by atoms with Gasteiger partial charge in [0.25, 0.3) is 0 Å². The predicted molar refractivity (Wildman–Crippen MR) is 133 cm³/mol. The number of carbonyl (C=O) groups is 1. The summed E-state index contributed by atoms with van der Waals surface area (Å²) in [6, 6.07) is 17.8. The SMILES string of the molecule is Cc1ccccc1N1CCN(C(C)(C)c2ccc(N3CCN(C(C)C)CC3=O)cc2)CC1. The minimum absolute atomic E-state index is 0.0449. The average molecular weight is 435 g/mol. The van der Waals surface area contributed by atoms with E-state index in [4.69, 9.17) is 0 Å². The Morgan fingerprint density at radius 3 is 2.09 bits per heavy atom. The van der Waals surface area contributed by atoms with E-state index in [1.54, 1.807) is 0 Å². The van der Waals surface area contributed by atoms with Gasteiger partial charge in [-0.1, -0.05) is 30.3 Å². The predicted octanol–water partition coefficient (Wildman–Crippen LogP) is 4.11. The highest BCUT2D eigenvalue weighted by Gasteiger charge is 2.32. The molecule has 0 aliphatic carbocycles. The van der Waals surface area contributed by atoms with Gasteiger partial charge in [-0.05, 0) is 63.9 Å². The van der Waals surface area contributed by atoms with Crippen LogP contribution < -0.4 is 9.80 Å². The van der Waals surface area contributed by atoms with E-state index in [2.05, 4.69) is 97.8 Å². The van der Waals surface area contributed by atoms with Gasteiger partial charge in [0.2, 0.25) is 5.91 Å². The Hall–Kier alpha value is -2.37. The average Bonchev–Trinajstić information content (AvgIpc) is 2.79. The topological polar surface area (TPSA) is 30.0 Å². The van der Waals surface area contributed by atoms with Crippen molar-refractivity contribution in [1.82, 2.24) is 9.80 Å². The Morgan fingerprint density at radius 1 is 0.844 bits per heavy atom. The molecule has 0 unspecified atom stereocenters. The van der Waals surface area contributed by atoms with Crippen LogP contribution in [0.1, 0.15) is 38.8 Å². The molecule has 172 valence electrons. The second-order valence-corrected chi connectivity index (χ2v) is 9.98. The largest absolute Gasteiger partial charge is 0.369 e. The molecule has 0 N–H and O–H groups in total. The Labute approximate surface area is 193 Å². The standard InChI is InChI=1S/C27H38N4O/c1-21(2)29-16-19-31(26(32)20-29)24-12-10-23(11-13-24)27(4,5)30-17-14-28(15-18-30)25-9-7-6-8-22(25)3/h6-13,21H,14-20H2,1-5H3. The Morgan fingerprint density at radius 2 is 1.50 bits per heavy atom. The zero-order chi connectivity index (χ0) is 22.9. The number of aryl methyl sites for hydroxylation is 1. The number of piperazine rings is 2. The molecule has 2 aliphatic heterocycles. The number of nitrogens with zero attached hydrogens (tertiary/aromatic N) is 4. The lowest BCUT2D eigenvalue weighted by atomic mass is 9.91. The molecule has 5 heteroatoms. The van der Waals surface area contributed by atoms with Crippen LogP contribution in [0, 0.1) is 6.92 Å². The van der Waals surface area contributed by atoms with E-state index < -0.39 is 0 Å². The molecule has 4 rings (SSSR count). The first kappa shape index (κ1) is 22.8. The van der Waals surface area contributed by atoms with E-state index in [1.165, 1.54) is 16.8 Å². The highest BCUT2D eigenvalue weighted by atomic mass is 16.2. The lowest BCUT2D eigenvalue weighted by molar-refractivity contribution is -0.121. The maximum atomic E-state index is 12.7. The van der Waals surface area contributed by atoms with Crippen LogP contribution in [0.2, 0.25) is 0 Å². The number of para-hydroxylation sites is 1. The van der Waals surface area contributed by atoms with Gasteiger partial charge in [-0.25, -0.2) is 0 Å². The second kappa shape index (κ2) is 9.24. The first-order valence-electron chi connectivity index (χ1n) is 12.0. The molecule has 1 amide bonds. The van der Waals surface area contributed by atoms with Crippen molar-refractivity contribution in [3.05, 3.63) is 59.7 Å². The summed E-state index contributed by atoms with van der Waals surface area (Å²) in [5, 5.41) is 0. The molecule has 0 aromatic heterocycles. The van der Waals surface area contributed by atoms with Gasteiger partial charge in [0.05, 0.1) is 6.54 Å². The van der Waals surface area contributed by atoms with Crippen LogP contribution in [0.15, 0.2) is 48.5 Å². The van der Waals surface area contributed by atoms with E-state index in [1.807, 2.05) is 4.90 Å². The van der Waals surface area contributed by atoms with E-state index >= 15 is 0 Å². The summed E-state index contributed by atoms with van der Waals surface area (Å²) >= 11 is 0. The van der Waals surface area contributed by atoms with Crippen LogP contribution in [0.5, 0.6) is 0 Å². The van der Waals surface area contributed by atoms with Crippen molar-refractivity contribution in [3.8, 4) is 0 Å². The van der Waals surface area contributed by atoms with Gasteiger partial charge in [0.15, 0.2) is 0 Å². The Bertz CT molecular complexity index is 929. The van der Waals surface area contributed by atoms with Crippen molar-refractivity contribution in [2.24, 2.45) is 0 Å². The fourth-order valence-corrected chi connectivity index (χ4v) is 5.06. The number of carbonyl (C=O) groups excluding carboxylic acids is 1. The molecule has 32 heavy (non-hydrogen) atoms. The maximum absolute atomic E-state index is 12.7. The number of hydrogen-bond donors (Lipinski definition) is 0. The molecule has 0 saturated carbocycles. The van der Waals surface area contributed by atoms with E-state index in [0.29, 0.717) is 12.6 Å². The fraction of sp³-hybridized carbons (Fsp3) is 0.519. The summed E-state index contributed by atoms with van der Waals surface area (Å²) < 4.78 is 0. The van der Waals surface area contributed by atoms with Gasteiger partial charge >= 0.3 is 0 Å². The molecule has 0 radical (unpaired) electrons. The zero-order valence-corrected chi connectivity index (χ0v) is 20.3. The summed E-state index contributed by atoms with van der Waals surface area (Å²) in [7, 11) is 0. The molecule has 2 aliphatic rings. The molecule has 2 heterocycles. The molecule has 0 spiro atoms. The lowest BCUT2D eigenvalue weighted by Crippen LogP contribution is -2.53. The molecule has 2 saturated heterocycles. The van der Waals surface area contributed by atoms with Crippen LogP contribution in [0.25, 0.3) is 0 Å². The molecule has 0 atom stereocenters. The summed E-state index contributed by atoms with van der Waals surface area (Å²) in [5.41, 5.74) is 4.98. The minimum atomic E-state index is -0.0449. The highest BCUT2D eigenvalue weighted by Crippen LogP contribution is 2.32. The first-order valence-corrected chi connectivity index (χ1v) is 12.0. The fourth-order valence-electron chi connectivity index (χ4n) is 5.06. The highest BCUT2D eigenvalue weighted by molar-refractivity contribution is 5.95. The van der Waals surface area contributed by atoms with Crippen LogP contribution in [0.3, 0.4) is 0 Å². The third-order valence-corrected chi connectivity index (χ3v) is 7.39. The smallest absolute Gasteiger partial charge is 0.241 e. The van der Waals surface area contributed by atoms with E-state index in [-0.39, 0.29) is 11.4 Å². The molecule has 0 bridgehead atoms. The molecule has 5 nitrogen and oxygen atoms in total. The minimum Gasteiger partial charge on any atom is -0.369 e. The molecule has 2 fully saturated rings. The van der Waals surface area contributed by atoms with Crippen molar-refractivity contribution < 1.29 is 4.79 Å². The summed E-state index contributed by atoms with van der Waals surface area (Å²) in [6.45, 7) is 17.5. The van der Waals surface area contributed by atoms with E-state index in [9.17, 15) is 4.79 Å². The molecular weight excluding hydrogens is 396 g/mol. The van der Waals surface area contributed by atoms with Gasteiger partial charge in [0, 0.05) is 62.2 Å². The number of anilines is 2. The molecule has 2 aromatic rings. The van der Waals surface area contributed by atoms with E-state index in [0.717, 1.165) is 45.0 Å². The number of hydrogen-bond acceptors (Lipinski definition) is 4. The molecular formula is C27H38N4O. The van der Waals surface area contributed by atoms with Crippen LogP contribution >= 0.6 is 0 Å². The van der Waals surface area contributed by atoms with Gasteiger partial charge in [0.1, 0.15) is 0 Å². The van der Waals surface area contributed by atoms with Gasteiger partial charge in [-0.2, -0.15) is 0 Å². The summed E-state index contributed by atoms with van der Waals surface area (Å²) in [5.74, 6) is 0.198. The van der Waals surface area contributed by atoms with Crippen molar-refractivity contribution in [1.29, 1.82) is 0 Å². The van der Waals surface area contributed by atoms with Crippen molar-refractivity contribution in [3.63, 3.8) is 0 Å². The van der Waals surface area contributed by atoms with Crippen LogP contribution in [-0.2, 0) is 10.3 Å². The van der Waals surface area contributed by atoms with Crippen molar-refractivity contribution in [2.45, 2.75) is 46.2 Å². The van der Waals surface area contributed by atoms with Crippen molar-refractivity contribution in [2.75, 3.05) is 55.6 Å². The van der Waals surface area contributed by atoms with Gasteiger partial charge in [-0.3, -0.25) is 14.6 Å². The lowest BCUT2D eigenvalue weighted by Gasteiger charge is -2.45. The summed E-state index contributed by atoms with van der Waals surface area (Å²) in [6.07, 6.45) is 0. The number of amides is 1. The Kier molecular flexibility index (Phi) is 6.59. The number of benzene rings is 2. The third-order valence-electron chi connectivity index (χ3n) is 7.39. The normalized spacial score (nSPS) is 19.1. The zero-order valence-electron chi connectivity index (χ0n) is 20.3. The second-order valence-electron chi connectivity index (χ2n) is 9.98. The van der Waals surface area contributed by atoms with Crippen molar-refractivity contribution >= 4 is 17.3 Å². The monoisotopic (exact) mass is 434 g/mol. The number of rotatable bonds is 5. The quantitative estimate of drug-likeness (QED) is 0.709. The van der Waals surface area contributed by atoms with Gasteiger partial charge < -0.3 is 9.80 Å². The van der Waals surface area contributed by atoms with Gasteiger partial charge in [-0.15, -0.1) is 0 Å². The van der Waals surface area contributed by atoms with Crippen LogP contribution in [0.4, 0.5) is 11.4 Å².